The van der Waals surface area contributed by atoms with Gasteiger partial charge in [-0.2, -0.15) is 11.8 Å². The van der Waals surface area contributed by atoms with Crippen molar-refractivity contribution in [2.24, 2.45) is 29.6 Å². The Morgan fingerprint density at radius 1 is 1.27 bits per heavy atom. The van der Waals surface area contributed by atoms with Crippen molar-refractivity contribution in [2.45, 2.75) is 37.4 Å². The van der Waals surface area contributed by atoms with Crippen molar-refractivity contribution >= 4 is 23.7 Å². The lowest BCUT2D eigenvalue weighted by molar-refractivity contribution is -0.139. The van der Waals surface area contributed by atoms with Crippen LogP contribution in [0.5, 0.6) is 0 Å². The summed E-state index contributed by atoms with van der Waals surface area (Å²) in [6, 6.07) is 0. The standard InChI is InChI=1S/C17H24O4S/c1-2-16(20)21-9-10-3-4-12-11-7-13(17(10)12)14(8-11)22-6-5-15(18)19/h2,10-14,17H,1,3-9H2,(H,18,19). The van der Waals surface area contributed by atoms with Crippen molar-refractivity contribution in [2.75, 3.05) is 12.4 Å². The number of carbonyl (C=O) groups is 2. The van der Waals surface area contributed by atoms with E-state index in [9.17, 15) is 9.59 Å². The first-order valence-corrected chi connectivity index (χ1v) is 9.27. The van der Waals surface area contributed by atoms with E-state index in [0.717, 1.165) is 17.6 Å². The molecular formula is C17H24O4S. The number of aliphatic carboxylic acids is 1. The molecule has 22 heavy (non-hydrogen) atoms. The van der Waals surface area contributed by atoms with Gasteiger partial charge in [0.15, 0.2) is 0 Å². The van der Waals surface area contributed by atoms with Gasteiger partial charge in [0.25, 0.3) is 0 Å². The quantitative estimate of drug-likeness (QED) is 0.576. The Hall–Kier alpha value is -0.970. The van der Waals surface area contributed by atoms with Gasteiger partial charge in [-0.25, -0.2) is 4.79 Å². The molecule has 5 heteroatoms. The average Bonchev–Trinajstić information content (AvgIpc) is 3.15. The third-order valence-corrected chi connectivity index (χ3v) is 7.26. The fourth-order valence-electron chi connectivity index (χ4n) is 5.12. The molecule has 3 aliphatic rings. The number of thioether (sulfide) groups is 1. The molecule has 0 aromatic heterocycles. The van der Waals surface area contributed by atoms with Gasteiger partial charge < -0.3 is 9.84 Å². The first kappa shape index (κ1) is 15.9. The molecule has 0 spiro atoms. The summed E-state index contributed by atoms with van der Waals surface area (Å²) in [6.07, 6.45) is 6.49. The van der Waals surface area contributed by atoms with Crippen molar-refractivity contribution in [1.29, 1.82) is 0 Å². The summed E-state index contributed by atoms with van der Waals surface area (Å²) in [7, 11) is 0. The van der Waals surface area contributed by atoms with Gasteiger partial charge in [0.1, 0.15) is 0 Å². The Kier molecular flexibility index (Phi) is 4.81. The Morgan fingerprint density at radius 3 is 2.82 bits per heavy atom. The molecule has 3 rings (SSSR count). The van der Waals surface area contributed by atoms with E-state index in [4.69, 9.17) is 9.84 Å². The van der Waals surface area contributed by atoms with Crippen LogP contribution in [0.25, 0.3) is 0 Å². The Labute approximate surface area is 135 Å². The molecule has 0 aliphatic heterocycles. The van der Waals surface area contributed by atoms with Crippen LogP contribution in [0.15, 0.2) is 12.7 Å². The van der Waals surface area contributed by atoms with E-state index in [0.29, 0.717) is 29.6 Å². The van der Waals surface area contributed by atoms with E-state index >= 15 is 0 Å². The molecule has 0 aromatic rings. The van der Waals surface area contributed by atoms with Gasteiger partial charge in [0, 0.05) is 17.1 Å². The van der Waals surface area contributed by atoms with Crippen LogP contribution in [0.3, 0.4) is 0 Å². The SMILES string of the molecule is C=CC(=O)OCC1CCC2C3CC(SCCC(=O)O)C(C3)C12. The molecule has 122 valence electrons. The van der Waals surface area contributed by atoms with Gasteiger partial charge >= 0.3 is 11.9 Å². The summed E-state index contributed by atoms with van der Waals surface area (Å²) >= 11 is 1.85. The van der Waals surface area contributed by atoms with E-state index in [2.05, 4.69) is 6.58 Å². The van der Waals surface area contributed by atoms with E-state index in [1.54, 1.807) is 0 Å². The Bertz CT molecular complexity index is 464. The fraction of sp³-hybridized carbons (Fsp3) is 0.765. The summed E-state index contributed by atoms with van der Waals surface area (Å²) in [5.41, 5.74) is 0. The fourth-order valence-corrected chi connectivity index (χ4v) is 6.63. The van der Waals surface area contributed by atoms with E-state index in [-0.39, 0.29) is 12.4 Å². The topological polar surface area (TPSA) is 63.6 Å². The molecule has 4 nitrogen and oxygen atoms in total. The molecule has 3 saturated carbocycles. The predicted molar refractivity (Wildman–Crippen MR) is 85.6 cm³/mol. The summed E-state index contributed by atoms with van der Waals surface area (Å²) < 4.78 is 5.30. The van der Waals surface area contributed by atoms with Crippen molar-refractivity contribution < 1.29 is 19.4 Å². The Balaban J connectivity index is 1.56. The first-order chi connectivity index (χ1) is 10.6. The number of hydrogen-bond acceptors (Lipinski definition) is 4. The highest BCUT2D eigenvalue weighted by molar-refractivity contribution is 7.99. The third kappa shape index (κ3) is 3.05. The van der Waals surface area contributed by atoms with Gasteiger partial charge in [0.2, 0.25) is 0 Å². The van der Waals surface area contributed by atoms with Gasteiger partial charge in [0.05, 0.1) is 13.0 Å². The highest BCUT2D eigenvalue weighted by Crippen LogP contribution is 2.63. The number of carboxylic acids is 1. The van der Waals surface area contributed by atoms with Crippen LogP contribution in [0, 0.1) is 29.6 Å². The summed E-state index contributed by atoms with van der Waals surface area (Å²) in [4.78, 5) is 22.0. The monoisotopic (exact) mass is 324 g/mol. The zero-order valence-electron chi connectivity index (χ0n) is 12.8. The molecule has 6 atom stereocenters. The minimum absolute atomic E-state index is 0.257. The minimum Gasteiger partial charge on any atom is -0.481 e. The van der Waals surface area contributed by atoms with Crippen molar-refractivity contribution in [3.8, 4) is 0 Å². The molecule has 3 fully saturated rings. The normalized spacial score (nSPS) is 38.7. The molecular weight excluding hydrogens is 300 g/mol. The zero-order chi connectivity index (χ0) is 15.7. The number of fused-ring (bicyclic) bond motifs is 5. The molecule has 0 aromatic carbocycles. The second kappa shape index (κ2) is 6.65. The van der Waals surface area contributed by atoms with Gasteiger partial charge in [-0.3, -0.25) is 4.79 Å². The number of carbonyl (C=O) groups excluding carboxylic acids is 1. The van der Waals surface area contributed by atoms with Crippen LogP contribution >= 0.6 is 11.8 Å². The van der Waals surface area contributed by atoms with Gasteiger partial charge in [-0.15, -0.1) is 0 Å². The number of hydrogen-bond donors (Lipinski definition) is 1. The summed E-state index contributed by atoms with van der Waals surface area (Å²) in [5.74, 6) is 3.19. The van der Waals surface area contributed by atoms with Crippen LogP contribution in [0.2, 0.25) is 0 Å². The maximum atomic E-state index is 11.3. The van der Waals surface area contributed by atoms with Crippen LogP contribution in [0.1, 0.15) is 32.1 Å². The maximum Gasteiger partial charge on any atom is 0.330 e. The van der Waals surface area contributed by atoms with Gasteiger partial charge in [-0.1, -0.05) is 6.58 Å². The van der Waals surface area contributed by atoms with Crippen molar-refractivity contribution in [3.05, 3.63) is 12.7 Å². The van der Waals surface area contributed by atoms with Crippen molar-refractivity contribution in [3.63, 3.8) is 0 Å². The van der Waals surface area contributed by atoms with Crippen LogP contribution in [-0.4, -0.2) is 34.7 Å². The number of esters is 1. The molecule has 0 amide bonds. The summed E-state index contributed by atoms with van der Waals surface area (Å²) in [5, 5.41) is 9.40. The molecule has 3 aliphatic carbocycles. The van der Waals surface area contributed by atoms with Crippen molar-refractivity contribution in [1.82, 2.24) is 0 Å². The average molecular weight is 324 g/mol. The predicted octanol–water partition coefficient (Wildman–Crippen LogP) is 2.97. The van der Waals surface area contributed by atoms with E-state index in [1.165, 1.54) is 31.8 Å². The highest BCUT2D eigenvalue weighted by atomic mass is 32.2. The second-order valence-electron chi connectivity index (χ2n) is 6.86. The van der Waals surface area contributed by atoms with E-state index < -0.39 is 5.97 Å². The molecule has 0 saturated heterocycles. The van der Waals surface area contributed by atoms with E-state index in [1.807, 2.05) is 11.8 Å². The largest absolute Gasteiger partial charge is 0.481 e. The number of carboxylic acid groups (broad SMARTS) is 1. The lowest BCUT2D eigenvalue weighted by Crippen LogP contribution is -2.32. The van der Waals surface area contributed by atoms with Crippen LogP contribution in [-0.2, 0) is 14.3 Å². The Morgan fingerprint density at radius 2 is 2.09 bits per heavy atom. The minimum atomic E-state index is -0.705. The zero-order valence-corrected chi connectivity index (χ0v) is 13.6. The number of ether oxygens (including phenoxy) is 1. The summed E-state index contributed by atoms with van der Waals surface area (Å²) in [6.45, 7) is 3.97. The second-order valence-corrected chi connectivity index (χ2v) is 8.21. The molecule has 0 heterocycles. The smallest absolute Gasteiger partial charge is 0.330 e. The number of rotatable bonds is 7. The molecule has 0 radical (unpaired) electrons. The molecule has 2 bridgehead atoms. The van der Waals surface area contributed by atoms with Crippen LogP contribution < -0.4 is 0 Å². The lowest BCUT2D eigenvalue weighted by atomic mass is 9.78. The maximum absolute atomic E-state index is 11.3. The molecule has 6 unspecified atom stereocenters. The molecule has 1 N–H and O–H groups in total. The third-order valence-electron chi connectivity index (χ3n) is 5.85. The van der Waals surface area contributed by atoms with Gasteiger partial charge in [-0.05, 0) is 55.3 Å². The van der Waals surface area contributed by atoms with Crippen LogP contribution in [0.4, 0.5) is 0 Å². The highest BCUT2D eigenvalue weighted by Gasteiger charge is 2.57. The lowest BCUT2D eigenvalue weighted by Gasteiger charge is -2.34. The first-order valence-electron chi connectivity index (χ1n) is 8.22.